The van der Waals surface area contributed by atoms with Gasteiger partial charge < -0.3 is 15.2 Å². The molecule has 0 saturated heterocycles. The Morgan fingerprint density at radius 2 is 2.21 bits per heavy atom. The first-order chi connectivity index (χ1) is 13.5. The first kappa shape index (κ1) is 19.3. The van der Waals surface area contributed by atoms with Crippen LogP contribution in [0.1, 0.15) is 49.4 Å². The van der Waals surface area contributed by atoms with Crippen LogP contribution in [0.4, 0.5) is 0 Å². The summed E-state index contributed by atoms with van der Waals surface area (Å²) < 4.78 is 6.13. The van der Waals surface area contributed by atoms with E-state index in [9.17, 15) is 10.4 Å². The van der Waals surface area contributed by atoms with Crippen LogP contribution in [-0.4, -0.2) is 27.6 Å². The minimum Gasteiger partial charge on any atom is -0.484 e. The number of hydrogen-bond acceptors (Lipinski definition) is 6. The highest BCUT2D eigenvalue weighted by Crippen LogP contribution is 2.42. The molecule has 0 fully saturated rings. The van der Waals surface area contributed by atoms with Crippen molar-refractivity contribution >= 4 is 5.84 Å². The van der Waals surface area contributed by atoms with Gasteiger partial charge in [0.25, 0.3) is 0 Å². The molecule has 1 aliphatic heterocycles. The lowest BCUT2D eigenvalue weighted by atomic mass is 9.82. The Kier molecular flexibility index (Phi) is 5.58. The van der Waals surface area contributed by atoms with E-state index in [1.54, 1.807) is 48.9 Å². The molecule has 1 unspecified atom stereocenters. The summed E-state index contributed by atoms with van der Waals surface area (Å²) in [5.74, 6) is 0.897. The van der Waals surface area contributed by atoms with Gasteiger partial charge in [0.05, 0.1) is 17.7 Å². The van der Waals surface area contributed by atoms with Crippen LogP contribution >= 0.6 is 0 Å². The van der Waals surface area contributed by atoms with Crippen LogP contribution in [-0.2, 0) is 0 Å². The molecule has 7 heteroatoms. The summed E-state index contributed by atoms with van der Waals surface area (Å²) in [7, 11) is 0. The van der Waals surface area contributed by atoms with Crippen molar-refractivity contribution < 1.29 is 9.84 Å². The predicted octanol–water partition coefficient (Wildman–Crippen LogP) is 2.82. The largest absolute Gasteiger partial charge is 0.484 e. The van der Waals surface area contributed by atoms with Crippen molar-refractivity contribution in [2.24, 2.45) is 4.99 Å². The number of ether oxygens (including phenoxy) is 1. The van der Waals surface area contributed by atoms with E-state index in [2.05, 4.69) is 21.4 Å². The Balaban J connectivity index is 2.08. The number of hydrogen-bond donors (Lipinski definition) is 2. The first-order valence-electron chi connectivity index (χ1n) is 9.07. The molecule has 1 aromatic heterocycles. The Hall–Kier alpha value is -3.42. The van der Waals surface area contributed by atoms with Gasteiger partial charge in [0.15, 0.2) is 0 Å². The van der Waals surface area contributed by atoms with Gasteiger partial charge in [0, 0.05) is 23.5 Å². The molecule has 0 spiro atoms. The maximum atomic E-state index is 11.2. The molecule has 0 saturated carbocycles. The standard InChI is InChI=1S/C21H21N5O2/c1-3-8-21(2)19(27)18(16-10-14(11-22)6-7-17(16)28-21)26-20(25-13-23)15-5-4-9-24-12-15/h4-7,9-10,12,18-19,27H,3,8H2,1-2H3,(H,25,26)/t18-,19+,21?/m1/s1. The lowest BCUT2D eigenvalue weighted by Gasteiger charge is -2.44. The molecule has 3 atom stereocenters. The van der Waals surface area contributed by atoms with Crippen LogP contribution in [0, 0.1) is 22.8 Å². The quantitative estimate of drug-likeness (QED) is 0.482. The second-order valence-corrected chi connectivity index (χ2v) is 6.90. The Morgan fingerprint density at radius 1 is 1.39 bits per heavy atom. The number of aromatic nitrogens is 1. The highest BCUT2D eigenvalue weighted by molar-refractivity contribution is 5.99. The third-order valence-corrected chi connectivity index (χ3v) is 4.89. The van der Waals surface area contributed by atoms with Gasteiger partial charge in [-0.1, -0.05) is 13.3 Å². The SMILES string of the molecule is CCCC1(C)Oc2ccc(C#N)cc2[C@@H](N/C(=N\C#N)c2cccnc2)[C@@H]1O. The molecular formula is C21H21N5O2. The second kappa shape index (κ2) is 8.08. The third kappa shape index (κ3) is 3.66. The van der Waals surface area contributed by atoms with E-state index in [0.29, 0.717) is 34.7 Å². The Bertz CT molecular complexity index is 961. The van der Waals surface area contributed by atoms with Crippen molar-refractivity contribution in [1.29, 1.82) is 10.5 Å². The molecule has 0 radical (unpaired) electrons. The van der Waals surface area contributed by atoms with E-state index in [0.717, 1.165) is 6.42 Å². The number of fused-ring (bicyclic) bond motifs is 1. The number of aliphatic imine (C=N–C) groups is 1. The van der Waals surface area contributed by atoms with E-state index in [4.69, 9.17) is 10.00 Å². The summed E-state index contributed by atoms with van der Waals surface area (Å²) in [6, 6.07) is 10.1. The molecule has 0 amide bonds. The number of nitrogens with one attached hydrogen (secondary N) is 1. The van der Waals surface area contributed by atoms with E-state index in [1.807, 2.05) is 13.8 Å². The van der Waals surface area contributed by atoms with Gasteiger partial charge in [-0.05, 0) is 43.7 Å². The zero-order valence-corrected chi connectivity index (χ0v) is 15.8. The number of nitrogens with zero attached hydrogens (tertiary/aromatic N) is 4. The van der Waals surface area contributed by atoms with Gasteiger partial charge in [-0.15, -0.1) is 0 Å². The van der Waals surface area contributed by atoms with Crippen LogP contribution in [0.2, 0.25) is 0 Å². The zero-order valence-electron chi connectivity index (χ0n) is 15.8. The van der Waals surface area contributed by atoms with Crippen molar-refractivity contribution in [2.45, 2.75) is 44.4 Å². The molecule has 0 aliphatic carbocycles. The molecule has 7 nitrogen and oxygen atoms in total. The molecule has 1 aromatic carbocycles. The fourth-order valence-corrected chi connectivity index (χ4v) is 3.52. The van der Waals surface area contributed by atoms with Gasteiger partial charge in [0.1, 0.15) is 23.3 Å². The third-order valence-electron chi connectivity index (χ3n) is 4.89. The van der Waals surface area contributed by atoms with Crippen molar-refractivity contribution in [3.8, 4) is 18.0 Å². The topological polar surface area (TPSA) is 114 Å². The van der Waals surface area contributed by atoms with Gasteiger partial charge in [-0.25, -0.2) is 0 Å². The summed E-state index contributed by atoms with van der Waals surface area (Å²) in [6.07, 6.45) is 5.56. The lowest BCUT2D eigenvalue weighted by Crippen LogP contribution is -2.55. The summed E-state index contributed by atoms with van der Waals surface area (Å²) in [5, 5.41) is 32.8. The maximum absolute atomic E-state index is 11.2. The van der Waals surface area contributed by atoms with Crippen molar-refractivity contribution in [3.05, 3.63) is 59.4 Å². The number of benzene rings is 1. The Labute approximate surface area is 163 Å². The van der Waals surface area contributed by atoms with E-state index in [-0.39, 0.29) is 0 Å². The molecule has 2 heterocycles. The van der Waals surface area contributed by atoms with Gasteiger partial charge in [-0.3, -0.25) is 4.98 Å². The molecule has 142 valence electrons. The molecule has 28 heavy (non-hydrogen) atoms. The average molecular weight is 375 g/mol. The lowest BCUT2D eigenvalue weighted by molar-refractivity contribution is -0.0780. The van der Waals surface area contributed by atoms with Crippen molar-refractivity contribution in [2.75, 3.05) is 0 Å². The fraction of sp³-hybridized carbons (Fsp3) is 0.333. The highest BCUT2D eigenvalue weighted by Gasteiger charge is 2.46. The Morgan fingerprint density at radius 3 is 2.86 bits per heavy atom. The van der Waals surface area contributed by atoms with Crippen LogP contribution in [0.15, 0.2) is 47.7 Å². The van der Waals surface area contributed by atoms with E-state index in [1.165, 1.54) is 0 Å². The number of aliphatic hydroxyl groups is 1. The number of amidine groups is 1. The van der Waals surface area contributed by atoms with Gasteiger partial charge >= 0.3 is 0 Å². The molecule has 3 rings (SSSR count). The highest BCUT2D eigenvalue weighted by atomic mass is 16.5. The maximum Gasteiger partial charge on any atom is 0.207 e. The number of nitriles is 2. The second-order valence-electron chi connectivity index (χ2n) is 6.90. The molecule has 2 aromatic rings. The summed E-state index contributed by atoms with van der Waals surface area (Å²) in [5.41, 5.74) is 0.911. The van der Waals surface area contributed by atoms with Crippen molar-refractivity contribution in [3.63, 3.8) is 0 Å². The first-order valence-corrected chi connectivity index (χ1v) is 9.07. The summed E-state index contributed by atoms with van der Waals surface area (Å²) in [4.78, 5) is 7.96. The van der Waals surface area contributed by atoms with Crippen LogP contribution in [0.5, 0.6) is 5.75 Å². The average Bonchev–Trinajstić information content (AvgIpc) is 2.71. The molecule has 2 N–H and O–H groups in total. The smallest absolute Gasteiger partial charge is 0.207 e. The number of rotatable bonds is 4. The summed E-state index contributed by atoms with van der Waals surface area (Å²) >= 11 is 0. The minimum absolute atomic E-state index is 0.300. The van der Waals surface area contributed by atoms with Crippen LogP contribution in [0.3, 0.4) is 0 Å². The minimum atomic E-state index is -0.922. The van der Waals surface area contributed by atoms with E-state index >= 15 is 0 Å². The van der Waals surface area contributed by atoms with Gasteiger partial charge in [0.2, 0.25) is 6.19 Å². The molecule has 0 bridgehead atoms. The van der Waals surface area contributed by atoms with Crippen LogP contribution < -0.4 is 10.1 Å². The number of pyridine rings is 1. The van der Waals surface area contributed by atoms with Crippen molar-refractivity contribution in [1.82, 2.24) is 10.3 Å². The summed E-state index contributed by atoms with van der Waals surface area (Å²) in [6.45, 7) is 3.89. The zero-order chi connectivity index (χ0) is 20.1. The van der Waals surface area contributed by atoms with Gasteiger partial charge in [-0.2, -0.15) is 15.5 Å². The molecule has 1 aliphatic rings. The number of aliphatic hydroxyl groups excluding tert-OH is 1. The fourth-order valence-electron chi connectivity index (χ4n) is 3.52. The van der Waals surface area contributed by atoms with Crippen LogP contribution in [0.25, 0.3) is 0 Å². The molecular weight excluding hydrogens is 354 g/mol. The normalized spacial score (nSPS) is 23.7. The van der Waals surface area contributed by atoms with E-state index < -0.39 is 17.7 Å². The predicted molar refractivity (Wildman–Crippen MR) is 103 cm³/mol. The monoisotopic (exact) mass is 375 g/mol.